The van der Waals surface area contributed by atoms with Gasteiger partial charge in [0.15, 0.2) is 5.78 Å². The monoisotopic (exact) mass is 293 g/mol. The third-order valence-corrected chi connectivity index (χ3v) is 5.34. The van der Waals surface area contributed by atoms with E-state index in [0.717, 1.165) is 39.7 Å². The van der Waals surface area contributed by atoms with Crippen LogP contribution in [0.2, 0.25) is 0 Å². The van der Waals surface area contributed by atoms with E-state index in [1.807, 2.05) is 41.8 Å². The van der Waals surface area contributed by atoms with Crippen molar-refractivity contribution in [3.63, 3.8) is 0 Å². The summed E-state index contributed by atoms with van der Waals surface area (Å²) in [5, 5.41) is 3.20. The standard InChI is InChI=1S/C18H15NOS/c19-14-6-4-13(5-7-14)18(9-10-18)17(20)15-3-1-2-12-8-11-21-16(12)15/h1-8,11H,9-10,19H2. The van der Waals surface area contributed by atoms with E-state index in [2.05, 4.69) is 12.1 Å². The van der Waals surface area contributed by atoms with Crippen LogP contribution in [0.4, 0.5) is 5.69 Å². The lowest BCUT2D eigenvalue weighted by molar-refractivity contribution is 0.0948. The van der Waals surface area contributed by atoms with Gasteiger partial charge in [-0.3, -0.25) is 4.79 Å². The number of carbonyl (C=O) groups is 1. The highest BCUT2D eigenvalue weighted by molar-refractivity contribution is 7.17. The second kappa shape index (κ2) is 4.43. The smallest absolute Gasteiger partial charge is 0.174 e. The molecule has 1 aliphatic rings. The van der Waals surface area contributed by atoms with Crippen molar-refractivity contribution in [3.05, 3.63) is 65.0 Å². The number of nitrogens with two attached hydrogens (primary N) is 1. The maximum atomic E-state index is 13.1. The molecule has 0 aliphatic heterocycles. The Morgan fingerprint density at radius 2 is 1.81 bits per heavy atom. The molecule has 2 nitrogen and oxygen atoms in total. The maximum absolute atomic E-state index is 13.1. The maximum Gasteiger partial charge on any atom is 0.174 e. The molecule has 104 valence electrons. The van der Waals surface area contributed by atoms with Gasteiger partial charge in [0.25, 0.3) is 0 Å². The second-order valence-corrected chi connectivity index (χ2v) is 6.59. The highest BCUT2D eigenvalue weighted by Gasteiger charge is 2.51. The summed E-state index contributed by atoms with van der Waals surface area (Å²) in [6, 6.07) is 15.8. The van der Waals surface area contributed by atoms with E-state index in [0.29, 0.717) is 0 Å². The van der Waals surface area contributed by atoms with Crippen molar-refractivity contribution in [1.29, 1.82) is 0 Å². The topological polar surface area (TPSA) is 43.1 Å². The lowest BCUT2D eigenvalue weighted by Gasteiger charge is -2.15. The molecule has 1 fully saturated rings. The molecule has 0 amide bonds. The van der Waals surface area contributed by atoms with Gasteiger partial charge in [0, 0.05) is 16.0 Å². The summed E-state index contributed by atoms with van der Waals surface area (Å²) in [6.07, 6.45) is 1.86. The fourth-order valence-corrected chi connectivity index (χ4v) is 3.91. The van der Waals surface area contributed by atoms with Gasteiger partial charge in [-0.15, -0.1) is 11.3 Å². The van der Waals surface area contributed by atoms with E-state index >= 15 is 0 Å². The molecular weight excluding hydrogens is 278 g/mol. The molecule has 0 saturated heterocycles. The molecule has 2 N–H and O–H groups in total. The fourth-order valence-electron chi connectivity index (χ4n) is 3.00. The summed E-state index contributed by atoms with van der Waals surface area (Å²) in [7, 11) is 0. The summed E-state index contributed by atoms with van der Waals surface area (Å²) in [5.41, 5.74) is 8.12. The number of anilines is 1. The van der Waals surface area contributed by atoms with Crippen molar-refractivity contribution < 1.29 is 4.79 Å². The van der Waals surface area contributed by atoms with Crippen LogP contribution >= 0.6 is 11.3 Å². The largest absolute Gasteiger partial charge is 0.399 e. The molecule has 1 saturated carbocycles. The zero-order valence-electron chi connectivity index (χ0n) is 11.5. The van der Waals surface area contributed by atoms with Crippen molar-refractivity contribution in [2.75, 3.05) is 5.73 Å². The Balaban J connectivity index is 1.81. The summed E-state index contributed by atoms with van der Waals surface area (Å²) in [5.74, 6) is 0.250. The number of thiophene rings is 1. The van der Waals surface area contributed by atoms with Crippen LogP contribution in [0.5, 0.6) is 0 Å². The Morgan fingerprint density at radius 1 is 1.05 bits per heavy atom. The molecule has 2 aromatic carbocycles. The van der Waals surface area contributed by atoms with Gasteiger partial charge < -0.3 is 5.73 Å². The average Bonchev–Trinajstić information content (AvgIpc) is 3.17. The number of hydrogen-bond donors (Lipinski definition) is 1. The van der Waals surface area contributed by atoms with Crippen LogP contribution < -0.4 is 5.73 Å². The van der Waals surface area contributed by atoms with Crippen LogP contribution in [0.15, 0.2) is 53.9 Å². The van der Waals surface area contributed by atoms with Crippen molar-refractivity contribution in [2.24, 2.45) is 0 Å². The van der Waals surface area contributed by atoms with Crippen LogP contribution in [0.25, 0.3) is 10.1 Å². The summed E-state index contributed by atoms with van der Waals surface area (Å²) >= 11 is 1.64. The average molecular weight is 293 g/mol. The predicted molar refractivity (Wildman–Crippen MR) is 87.9 cm³/mol. The molecule has 0 radical (unpaired) electrons. The van der Waals surface area contributed by atoms with Crippen LogP contribution in [-0.4, -0.2) is 5.78 Å². The number of ketones is 1. The van der Waals surface area contributed by atoms with Gasteiger partial charge in [0.05, 0.1) is 5.41 Å². The number of rotatable bonds is 3. The van der Waals surface area contributed by atoms with Crippen LogP contribution in [0.3, 0.4) is 0 Å². The Bertz CT molecular complexity index is 828. The summed E-state index contributed by atoms with van der Waals surface area (Å²) < 4.78 is 1.10. The van der Waals surface area contributed by atoms with E-state index in [9.17, 15) is 4.79 Å². The van der Waals surface area contributed by atoms with Crippen molar-refractivity contribution >= 4 is 32.9 Å². The summed E-state index contributed by atoms with van der Waals surface area (Å²) in [4.78, 5) is 13.1. The first-order valence-electron chi connectivity index (χ1n) is 7.08. The molecule has 4 rings (SSSR count). The molecule has 3 aromatic rings. The van der Waals surface area contributed by atoms with Crippen LogP contribution in [0, 0.1) is 0 Å². The normalized spacial score (nSPS) is 16.0. The Morgan fingerprint density at radius 3 is 2.52 bits per heavy atom. The van der Waals surface area contributed by atoms with E-state index in [1.165, 1.54) is 0 Å². The molecule has 0 spiro atoms. The summed E-state index contributed by atoms with van der Waals surface area (Å²) in [6.45, 7) is 0. The molecule has 21 heavy (non-hydrogen) atoms. The minimum Gasteiger partial charge on any atom is -0.399 e. The third kappa shape index (κ3) is 1.88. The van der Waals surface area contributed by atoms with Crippen molar-refractivity contribution in [3.8, 4) is 0 Å². The first-order valence-corrected chi connectivity index (χ1v) is 7.96. The highest BCUT2D eigenvalue weighted by atomic mass is 32.1. The number of fused-ring (bicyclic) bond motifs is 1. The first kappa shape index (κ1) is 12.6. The third-order valence-electron chi connectivity index (χ3n) is 4.37. The van der Waals surface area contributed by atoms with Gasteiger partial charge in [0.2, 0.25) is 0 Å². The molecule has 0 bridgehead atoms. The van der Waals surface area contributed by atoms with Gasteiger partial charge >= 0.3 is 0 Å². The lowest BCUT2D eigenvalue weighted by atomic mass is 9.87. The van der Waals surface area contributed by atoms with Crippen LogP contribution in [-0.2, 0) is 5.41 Å². The number of nitrogen functional groups attached to an aromatic ring is 1. The Hall–Kier alpha value is -2.13. The minimum absolute atomic E-state index is 0.250. The molecule has 1 aromatic heterocycles. The van der Waals surface area contributed by atoms with Crippen molar-refractivity contribution in [1.82, 2.24) is 0 Å². The predicted octanol–water partition coefficient (Wildman–Crippen LogP) is 4.40. The molecular formula is C18H15NOS. The Kier molecular flexibility index (Phi) is 2.66. The van der Waals surface area contributed by atoms with Crippen LogP contribution in [0.1, 0.15) is 28.8 Å². The first-order chi connectivity index (χ1) is 10.2. The Labute approximate surface area is 127 Å². The van der Waals surface area contributed by atoms with Gasteiger partial charge in [0.1, 0.15) is 0 Å². The van der Waals surface area contributed by atoms with Gasteiger partial charge in [-0.05, 0) is 53.4 Å². The molecule has 1 heterocycles. The number of benzene rings is 2. The SMILES string of the molecule is Nc1ccc(C2(C(=O)c3cccc4ccsc34)CC2)cc1. The van der Waals surface area contributed by atoms with Gasteiger partial charge in [-0.1, -0.05) is 24.3 Å². The number of Topliss-reactive ketones (excluding diaryl/α,β-unsaturated/α-hetero) is 1. The number of hydrogen-bond acceptors (Lipinski definition) is 3. The van der Waals surface area contributed by atoms with E-state index in [4.69, 9.17) is 5.73 Å². The van der Waals surface area contributed by atoms with E-state index in [-0.39, 0.29) is 11.2 Å². The lowest BCUT2D eigenvalue weighted by Crippen LogP contribution is -2.20. The van der Waals surface area contributed by atoms with Gasteiger partial charge in [-0.2, -0.15) is 0 Å². The molecule has 0 atom stereocenters. The highest BCUT2D eigenvalue weighted by Crippen LogP contribution is 2.51. The van der Waals surface area contributed by atoms with Crippen molar-refractivity contribution in [2.45, 2.75) is 18.3 Å². The van der Waals surface area contributed by atoms with Gasteiger partial charge in [-0.25, -0.2) is 0 Å². The second-order valence-electron chi connectivity index (χ2n) is 5.68. The zero-order chi connectivity index (χ0) is 14.4. The molecule has 0 unspecified atom stereocenters. The quantitative estimate of drug-likeness (QED) is 0.574. The van der Waals surface area contributed by atoms with E-state index in [1.54, 1.807) is 11.3 Å². The number of carbonyl (C=O) groups excluding carboxylic acids is 1. The minimum atomic E-state index is -0.327. The fraction of sp³-hybridized carbons (Fsp3) is 0.167. The molecule has 3 heteroatoms. The van der Waals surface area contributed by atoms with E-state index < -0.39 is 0 Å². The molecule has 1 aliphatic carbocycles. The zero-order valence-corrected chi connectivity index (χ0v) is 12.3.